The summed E-state index contributed by atoms with van der Waals surface area (Å²) in [7, 11) is 0. The molecule has 1 N–H and O–H groups in total. The number of halogens is 2. The molecule has 0 heterocycles. The molecule has 1 atom stereocenters. The third-order valence-electron chi connectivity index (χ3n) is 2.15. The van der Waals surface area contributed by atoms with Gasteiger partial charge in [0.15, 0.2) is 5.06 Å². The second-order valence-corrected chi connectivity index (χ2v) is 4.09. The van der Waals surface area contributed by atoms with Crippen molar-refractivity contribution in [2.45, 2.75) is 11.5 Å². The summed E-state index contributed by atoms with van der Waals surface area (Å²) in [6.07, 6.45) is 2.08. The summed E-state index contributed by atoms with van der Waals surface area (Å²) in [6.45, 7) is 0. The van der Waals surface area contributed by atoms with Gasteiger partial charge in [-0.3, -0.25) is 0 Å². The van der Waals surface area contributed by atoms with E-state index >= 15 is 0 Å². The molecule has 1 aromatic rings. The Labute approximate surface area is 86.6 Å². The Morgan fingerprint density at radius 2 is 2.00 bits per heavy atom. The van der Waals surface area contributed by atoms with Gasteiger partial charge in [-0.05, 0) is 0 Å². The predicted octanol–water partition coefficient (Wildman–Crippen LogP) is 3.05. The average molecular weight is 215 g/mol. The number of aliphatic hydroxyl groups is 1. The number of hydrogen-bond acceptors (Lipinski definition) is 1. The maximum Gasteiger partial charge on any atom is 0.168 e. The smallest absolute Gasteiger partial charge is 0.168 e. The Bertz CT molecular complexity index is 369. The minimum atomic E-state index is -1.30. The van der Waals surface area contributed by atoms with E-state index in [1.807, 2.05) is 18.2 Å². The van der Waals surface area contributed by atoms with Gasteiger partial charge in [-0.15, -0.1) is 0 Å². The highest BCUT2D eigenvalue weighted by atomic mass is 35.5. The molecule has 1 nitrogen and oxygen atoms in total. The second kappa shape index (κ2) is 3.02. The lowest BCUT2D eigenvalue weighted by atomic mass is 9.94. The van der Waals surface area contributed by atoms with Crippen molar-refractivity contribution >= 4 is 28.2 Å². The molecule has 68 valence electrons. The number of benzene rings is 1. The molecule has 1 unspecified atom stereocenters. The van der Waals surface area contributed by atoms with Crippen LogP contribution in [0.3, 0.4) is 0 Å². The van der Waals surface area contributed by atoms with Gasteiger partial charge in [-0.1, -0.05) is 53.5 Å². The van der Waals surface area contributed by atoms with E-state index in [9.17, 15) is 5.11 Å². The summed E-state index contributed by atoms with van der Waals surface area (Å²) in [5, 5.41) is 9.16. The molecule has 1 aliphatic rings. The van der Waals surface area contributed by atoms with Gasteiger partial charge in [-0.2, -0.15) is 0 Å². The summed E-state index contributed by atoms with van der Waals surface area (Å²) >= 11 is 11.9. The quantitative estimate of drug-likeness (QED) is 0.659. The summed E-state index contributed by atoms with van der Waals surface area (Å²) in [5.74, 6) is 0. The van der Waals surface area contributed by atoms with Crippen LogP contribution < -0.4 is 0 Å². The van der Waals surface area contributed by atoms with Crippen LogP contribution in [0.15, 0.2) is 30.3 Å². The fourth-order valence-electron chi connectivity index (χ4n) is 1.47. The van der Waals surface area contributed by atoms with Crippen LogP contribution in [0.25, 0.3) is 5.03 Å². The molecule has 1 aromatic carbocycles. The zero-order valence-electron chi connectivity index (χ0n) is 6.80. The first kappa shape index (κ1) is 9.07. The van der Waals surface area contributed by atoms with Gasteiger partial charge in [0.25, 0.3) is 0 Å². The number of alkyl halides is 1. The number of rotatable bonds is 0. The molecular formula is C10H8Cl2O. The largest absolute Gasteiger partial charge is 0.370 e. The van der Waals surface area contributed by atoms with Gasteiger partial charge in [0.1, 0.15) is 0 Å². The first-order valence-corrected chi connectivity index (χ1v) is 4.74. The molecule has 0 aliphatic heterocycles. The lowest BCUT2D eigenvalue weighted by Gasteiger charge is -2.26. The van der Waals surface area contributed by atoms with E-state index in [0.29, 0.717) is 17.0 Å². The van der Waals surface area contributed by atoms with Crippen LogP contribution in [0, 0.1) is 0 Å². The van der Waals surface area contributed by atoms with Crippen molar-refractivity contribution in [1.29, 1.82) is 0 Å². The topological polar surface area (TPSA) is 20.2 Å². The van der Waals surface area contributed by atoms with Gasteiger partial charge in [-0.25, -0.2) is 0 Å². The van der Waals surface area contributed by atoms with Crippen molar-refractivity contribution < 1.29 is 5.11 Å². The molecular weight excluding hydrogens is 207 g/mol. The number of fused-ring (bicyclic) bond motifs is 1. The Hall–Kier alpha value is -0.500. The van der Waals surface area contributed by atoms with E-state index in [-0.39, 0.29) is 0 Å². The van der Waals surface area contributed by atoms with E-state index in [1.54, 1.807) is 12.1 Å². The van der Waals surface area contributed by atoms with E-state index in [2.05, 4.69) is 0 Å². The highest BCUT2D eigenvalue weighted by Crippen LogP contribution is 2.41. The molecule has 0 fully saturated rings. The van der Waals surface area contributed by atoms with Gasteiger partial charge >= 0.3 is 0 Å². The SMILES string of the molecule is OC1(Cl)CC=C(Cl)c2ccccc21. The van der Waals surface area contributed by atoms with Crippen LogP contribution >= 0.6 is 23.2 Å². The minimum Gasteiger partial charge on any atom is -0.370 e. The molecule has 1 aliphatic carbocycles. The van der Waals surface area contributed by atoms with Gasteiger partial charge in [0.05, 0.1) is 0 Å². The third kappa shape index (κ3) is 1.48. The molecule has 0 bridgehead atoms. The normalized spacial score (nSPS) is 26.5. The van der Waals surface area contributed by atoms with Gasteiger partial charge in [0, 0.05) is 22.6 Å². The summed E-state index contributed by atoms with van der Waals surface area (Å²) in [6, 6.07) is 7.34. The van der Waals surface area contributed by atoms with Gasteiger partial charge in [0.2, 0.25) is 0 Å². The summed E-state index contributed by atoms with van der Waals surface area (Å²) in [5.41, 5.74) is 1.50. The zero-order chi connectivity index (χ0) is 9.47. The summed E-state index contributed by atoms with van der Waals surface area (Å²) in [4.78, 5) is 0. The van der Waals surface area contributed by atoms with Crippen LogP contribution in [-0.2, 0) is 5.06 Å². The fourth-order valence-corrected chi connectivity index (χ4v) is 1.95. The monoisotopic (exact) mass is 214 g/mol. The maximum absolute atomic E-state index is 9.81. The molecule has 0 amide bonds. The average Bonchev–Trinajstić information content (AvgIpc) is 2.13. The van der Waals surface area contributed by atoms with Crippen molar-refractivity contribution in [3.8, 4) is 0 Å². The molecule has 13 heavy (non-hydrogen) atoms. The van der Waals surface area contributed by atoms with E-state index in [1.165, 1.54) is 0 Å². The standard InChI is InChI=1S/C10H8Cl2O/c11-9-5-6-10(12,13)8-4-2-1-3-7(8)9/h1-5,13H,6H2. The van der Waals surface area contributed by atoms with Crippen molar-refractivity contribution in [3.63, 3.8) is 0 Å². The Morgan fingerprint density at radius 3 is 2.69 bits per heavy atom. The molecule has 2 rings (SSSR count). The Balaban J connectivity index is 2.64. The first-order chi connectivity index (χ1) is 6.11. The lowest BCUT2D eigenvalue weighted by Crippen LogP contribution is -2.21. The molecule has 0 saturated heterocycles. The van der Waals surface area contributed by atoms with E-state index in [0.717, 1.165) is 5.56 Å². The highest BCUT2D eigenvalue weighted by molar-refractivity contribution is 6.49. The molecule has 0 spiro atoms. The molecule has 0 saturated carbocycles. The van der Waals surface area contributed by atoms with E-state index < -0.39 is 5.06 Å². The Kier molecular flexibility index (Phi) is 2.11. The first-order valence-electron chi connectivity index (χ1n) is 3.98. The van der Waals surface area contributed by atoms with Crippen LogP contribution in [0.1, 0.15) is 17.5 Å². The number of hydrogen-bond donors (Lipinski definition) is 1. The van der Waals surface area contributed by atoms with Crippen LogP contribution in [0.5, 0.6) is 0 Å². The highest BCUT2D eigenvalue weighted by Gasteiger charge is 2.31. The second-order valence-electron chi connectivity index (χ2n) is 3.06. The van der Waals surface area contributed by atoms with Crippen LogP contribution in [0.4, 0.5) is 0 Å². The van der Waals surface area contributed by atoms with Crippen LogP contribution in [0.2, 0.25) is 0 Å². The molecule has 3 heteroatoms. The van der Waals surface area contributed by atoms with Crippen molar-refractivity contribution in [2.75, 3.05) is 0 Å². The maximum atomic E-state index is 9.81. The molecule has 0 radical (unpaired) electrons. The Morgan fingerprint density at radius 1 is 1.31 bits per heavy atom. The van der Waals surface area contributed by atoms with Crippen molar-refractivity contribution in [3.05, 3.63) is 41.5 Å². The summed E-state index contributed by atoms with van der Waals surface area (Å²) < 4.78 is 0. The fraction of sp³-hybridized carbons (Fsp3) is 0.200. The van der Waals surface area contributed by atoms with E-state index in [4.69, 9.17) is 23.2 Å². The molecule has 0 aromatic heterocycles. The zero-order valence-corrected chi connectivity index (χ0v) is 8.31. The van der Waals surface area contributed by atoms with Gasteiger partial charge < -0.3 is 5.11 Å². The van der Waals surface area contributed by atoms with Crippen molar-refractivity contribution in [1.82, 2.24) is 0 Å². The predicted molar refractivity (Wildman–Crippen MR) is 54.6 cm³/mol. The lowest BCUT2D eigenvalue weighted by molar-refractivity contribution is 0.130. The van der Waals surface area contributed by atoms with Crippen LogP contribution in [-0.4, -0.2) is 5.11 Å². The minimum absolute atomic E-state index is 0.352. The third-order valence-corrected chi connectivity index (χ3v) is 2.86. The van der Waals surface area contributed by atoms with Crippen molar-refractivity contribution in [2.24, 2.45) is 0 Å².